The van der Waals surface area contributed by atoms with Gasteiger partial charge in [0.1, 0.15) is 12.2 Å². The van der Waals surface area contributed by atoms with Gasteiger partial charge in [0.2, 0.25) is 5.91 Å². The average molecular weight is 614 g/mol. The molecular weight excluding hydrogens is 586 g/mol. The number of halogens is 5. The molecule has 0 aliphatic carbocycles. The van der Waals surface area contributed by atoms with Gasteiger partial charge in [-0.2, -0.15) is 13.2 Å². The maximum Gasteiger partial charge on any atom is 0.490 e. The summed E-state index contributed by atoms with van der Waals surface area (Å²) < 4.78 is 35.2. The summed E-state index contributed by atoms with van der Waals surface area (Å²) in [6.07, 6.45) is -3.25. The fourth-order valence-corrected chi connectivity index (χ4v) is 4.62. The molecule has 4 rings (SSSR count). The van der Waals surface area contributed by atoms with E-state index in [1.807, 2.05) is 55.8 Å². The van der Waals surface area contributed by atoms with Crippen LogP contribution in [0.15, 0.2) is 47.4 Å². The maximum absolute atomic E-state index is 13.7. The maximum atomic E-state index is 13.7. The summed E-state index contributed by atoms with van der Waals surface area (Å²) in [5.41, 5.74) is 8.56. The summed E-state index contributed by atoms with van der Waals surface area (Å²) in [6, 6.07) is 10.7. The van der Waals surface area contributed by atoms with E-state index in [9.17, 15) is 22.8 Å². The van der Waals surface area contributed by atoms with E-state index in [1.165, 1.54) is 0 Å². The number of fused-ring (bicyclic) bond motifs is 2. The number of aliphatic carboxylic acids is 1. The number of para-hydroxylation sites is 1. The molecule has 0 aliphatic heterocycles. The summed E-state index contributed by atoms with van der Waals surface area (Å²) >= 11 is 12.5. The summed E-state index contributed by atoms with van der Waals surface area (Å²) in [6.45, 7) is 7.50. The molecule has 0 fully saturated rings. The molecule has 0 saturated carbocycles. The molecule has 0 bridgehead atoms. The van der Waals surface area contributed by atoms with Gasteiger partial charge in [0.05, 0.1) is 21.1 Å². The van der Waals surface area contributed by atoms with Gasteiger partial charge in [0, 0.05) is 48.3 Å². The molecule has 0 radical (unpaired) electrons. The Hall–Kier alpha value is -3.61. The monoisotopic (exact) mass is 613 g/mol. The van der Waals surface area contributed by atoms with Gasteiger partial charge >= 0.3 is 12.1 Å². The number of aromatic nitrogens is 3. The molecule has 14 heteroatoms. The van der Waals surface area contributed by atoms with E-state index in [0.29, 0.717) is 39.7 Å². The quantitative estimate of drug-likeness (QED) is 0.290. The van der Waals surface area contributed by atoms with Crippen molar-refractivity contribution in [2.75, 3.05) is 19.6 Å². The molecule has 2 heterocycles. The number of hydrogen-bond donors (Lipinski definition) is 2. The first-order valence-corrected chi connectivity index (χ1v) is 13.3. The third-order valence-corrected chi connectivity index (χ3v) is 7.14. The smallest absolute Gasteiger partial charge is 0.475 e. The second-order valence-electron chi connectivity index (χ2n) is 9.03. The Morgan fingerprint density at radius 1 is 1.10 bits per heavy atom. The van der Waals surface area contributed by atoms with E-state index in [0.717, 1.165) is 10.9 Å². The van der Waals surface area contributed by atoms with E-state index in [2.05, 4.69) is 0 Å². The van der Waals surface area contributed by atoms with Crippen molar-refractivity contribution >= 4 is 57.0 Å². The lowest BCUT2D eigenvalue weighted by Gasteiger charge is -2.19. The Kier molecular flexibility index (Phi) is 10.1. The standard InChI is InChI=1S/C25H27Cl2N5O2.C2HF3O2/c1-4-30(5-2)23(33)14-31-13-17(16-8-6-7-9-21(16)31)24-25(34)32(15(3)12-28)22-11-19(27)18(26)10-20(22)29-24;3-2(4,5)1(6)7/h6-11,13,15H,4-5,12,14,28H2,1-3H3;(H,6,7). The van der Waals surface area contributed by atoms with Crippen molar-refractivity contribution in [3.05, 3.63) is 63.0 Å². The molecule has 41 heavy (non-hydrogen) atoms. The topological polar surface area (TPSA) is 123 Å². The molecule has 2 aromatic heterocycles. The van der Waals surface area contributed by atoms with E-state index < -0.39 is 12.1 Å². The number of nitrogens with zero attached hydrogens (tertiary/aromatic N) is 4. The number of amides is 1. The summed E-state index contributed by atoms with van der Waals surface area (Å²) in [4.78, 5) is 42.0. The zero-order valence-corrected chi connectivity index (χ0v) is 23.9. The number of nitrogens with two attached hydrogens (primary N) is 1. The highest BCUT2D eigenvalue weighted by molar-refractivity contribution is 6.42. The predicted molar refractivity (Wildman–Crippen MR) is 152 cm³/mol. The highest BCUT2D eigenvalue weighted by atomic mass is 35.5. The molecule has 1 unspecified atom stereocenters. The fraction of sp³-hybridized carbons (Fsp3) is 0.333. The molecule has 2 aromatic carbocycles. The van der Waals surface area contributed by atoms with Crippen LogP contribution in [0.25, 0.3) is 33.2 Å². The van der Waals surface area contributed by atoms with E-state index in [4.69, 9.17) is 43.8 Å². The van der Waals surface area contributed by atoms with Gasteiger partial charge in [-0.3, -0.25) is 9.59 Å². The Balaban J connectivity index is 0.000000587. The van der Waals surface area contributed by atoms with Crippen LogP contribution in [0.5, 0.6) is 0 Å². The van der Waals surface area contributed by atoms with Crippen LogP contribution in [-0.2, 0) is 16.1 Å². The minimum atomic E-state index is -5.08. The highest BCUT2D eigenvalue weighted by Gasteiger charge is 2.38. The molecule has 3 N–H and O–H groups in total. The van der Waals surface area contributed by atoms with Crippen LogP contribution in [-0.4, -0.2) is 61.8 Å². The van der Waals surface area contributed by atoms with Crippen LogP contribution >= 0.6 is 23.2 Å². The normalized spacial score (nSPS) is 12.2. The highest BCUT2D eigenvalue weighted by Crippen LogP contribution is 2.32. The van der Waals surface area contributed by atoms with Gasteiger partial charge in [-0.25, -0.2) is 9.78 Å². The number of carbonyl (C=O) groups excluding carboxylic acids is 1. The van der Waals surface area contributed by atoms with E-state index >= 15 is 0 Å². The van der Waals surface area contributed by atoms with Crippen molar-refractivity contribution in [3.63, 3.8) is 0 Å². The lowest BCUT2D eigenvalue weighted by atomic mass is 10.1. The van der Waals surface area contributed by atoms with Crippen LogP contribution < -0.4 is 11.3 Å². The molecule has 9 nitrogen and oxygen atoms in total. The Labute approximate surface area is 242 Å². The minimum Gasteiger partial charge on any atom is -0.475 e. The third kappa shape index (κ3) is 6.83. The largest absolute Gasteiger partial charge is 0.490 e. The number of likely N-dealkylation sites (N-methyl/N-ethyl adjacent to an activating group) is 1. The number of carboxylic acids is 1. The Morgan fingerprint density at radius 2 is 1.68 bits per heavy atom. The average Bonchev–Trinajstić information content (AvgIpc) is 3.27. The first kappa shape index (κ1) is 31.9. The van der Waals surface area contributed by atoms with Crippen LogP contribution in [0.2, 0.25) is 10.0 Å². The molecule has 0 spiro atoms. The van der Waals surface area contributed by atoms with Crippen molar-refractivity contribution in [2.45, 2.75) is 39.5 Å². The first-order valence-electron chi connectivity index (χ1n) is 12.5. The Bertz CT molecular complexity index is 1650. The zero-order chi connectivity index (χ0) is 30.6. The third-order valence-electron chi connectivity index (χ3n) is 6.42. The van der Waals surface area contributed by atoms with Crippen molar-refractivity contribution in [3.8, 4) is 11.3 Å². The second-order valence-corrected chi connectivity index (χ2v) is 9.85. The van der Waals surface area contributed by atoms with Crippen molar-refractivity contribution in [1.82, 2.24) is 19.0 Å². The zero-order valence-electron chi connectivity index (χ0n) is 22.4. The lowest BCUT2D eigenvalue weighted by molar-refractivity contribution is -0.192. The van der Waals surface area contributed by atoms with Crippen LogP contribution in [0.1, 0.15) is 26.8 Å². The van der Waals surface area contributed by atoms with Gasteiger partial charge in [-0.15, -0.1) is 0 Å². The molecule has 0 aliphatic rings. The molecular formula is C27H28Cl2F3N5O4. The number of alkyl halides is 3. The van der Waals surface area contributed by atoms with Crippen molar-refractivity contribution in [1.29, 1.82) is 0 Å². The summed E-state index contributed by atoms with van der Waals surface area (Å²) in [5.74, 6) is -2.74. The SMILES string of the molecule is CCN(CC)C(=O)Cn1cc(-c2nc3cc(Cl)c(Cl)cc3n(C(C)CN)c2=O)c2ccccc21.O=C(O)C(F)(F)F. The summed E-state index contributed by atoms with van der Waals surface area (Å²) in [5, 5.41) is 8.66. The van der Waals surface area contributed by atoms with Crippen LogP contribution in [0.4, 0.5) is 13.2 Å². The van der Waals surface area contributed by atoms with Gasteiger partial charge in [-0.1, -0.05) is 41.4 Å². The molecule has 0 saturated heterocycles. The number of carbonyl (C=O) groups is 2. The molecule has 1 atom stereocenters. The number of benzene rings is 2. The van der Waals surface area contributed by atoms with Crippen molar-refractivity contribution in [2.24, 2.45) is 5.73 Å². The molecule has 1 amide bonds. The van der Waals surface area contributed by atoms with Crippen LogP contribution in [0.3, 0.4) is 0 Å². The van der Waals surface area contributed by atoms with E-state index in [1.54, 1.807) is 21.6 Å². The van der Waals surface area contributed by atoms with Crippen LogP contribution in [0, 0.1) is 0 Å². The lowest BCUT2D eigenvalue weighted by Crippen LogP contribution is -2.33. The van der Waals surface area contributed by atoms with Crippen molar-refractivity contribution < 1.29 is 27.9 Å². The molecule has 220 valence electrons. The number of carboxylic acid groups (broad SMARTS) is 1. The van der Waals surface area contributed by atoms with Gasteiger partial charge in [0.15, 0.2) is 0 Å². The fourth-order valence-electron chi connectivity index (χ4n) is 4.31. The second kappa shape index (κ2) is 12.9. The number of hydrogen-bond acceptors (Lipinski definition) is 5. The predicted octanol–water partition coefficient (Wildman–Crippen LogP) is 5.35. The molecule has 4 aromatic rings. The van der Waals surface area contributed by atoms with Gasteiger partial charge < -0.3 is 24.9 Å². The van der Waals surface area contributed by atoms with Gasteiger partial charge in [-0.05, 0) is 39.0 Å². The van der Waals surface area contributed by atoms with E-state index in [-0.39, 0.29) is 36.3 Å². The minimum absolute atomic E-state index is 0.0133. The van der Waals surface area contributed by atoms with Gasteiger partial charge in [0.25, 0.3) is 5.56 Å². The Morgan fingerprint density at radius 3 is 2.24 bits per heavy atom. The first-order chi connectivity index (χ1) is 19.2. The summed E-state index contributed by atoms with van der Waals surface area (Å²) in [7, 11) is 0. The number of rotatable bonds is 7.